The van der Waals surface area contributed by atoms with Crippen LogP contribution < -0.4 is 9.47 Å². The van der Waals surface area contributed by atoms with Crippen LogP contribution in [-0.4, -0.2) is 21.1 Å². The van der Waals surface area contributed by atoms with Gasteiger partial charge in [-0.25, -0.2) is 0 Å². The van der Waals surface area contributed by atoms with Crippen molar-refractivity contribution in [3.05, 3.63) is 34.0 Å². The van der Waals surface area contributed by atoms with E-state index in [0.717, 1.165) is 4.47 Å². The van der Waals surface area contributed by atoms with Crippen LogP contribution in [0.3, 0.4) is 0 Å². The number of para-hydroxylation sites is 1. The van der Waals surface area contributed by atoms with E-state index in [1.165, 1.54) is 0 Å². The third-order valence-electron chi connectivity index (χ3n) is 1.95. The van der Waals surface area contributed by atoms with E-state index >= 15 is 0 Å². The van der Waals surface area contributed by atoms with Crippen LogP contribution >= 0.6 is 27.5 Å². The van der Waals surface area contributed by atoms with Gasteiger partial charge < -0.3 is 9.47 Å². The quantitative estimate of drug-likeness (QED) is 0.843. The molecule has 0 aliphatic rings. The first kappa shape index (κ1) is 14.0. The first-order valence-electron chi connectivity index (χ1n) is 5.55. The fourth-order valence-corrected chi connectivity index (χ4v) is 1.76. The number of nitrogens with zero attached hydrogens (tertiary/aromatic N) is 3. The van der Waals surface area contributed by atoms with E-state index in [1.807, 2.05) is 32.0 Å². The maximum absolute atomic E-state index is 5.81. The summed E-state index contributed by atoms with van der Waals surface area (Å²) in [5.41, 5.74) is 0. The summed E-state index contributed by atoms with van der Waals surface area (Å²) in [6, 6.07) is 7.58. The lowest BCUT2D eigenvalue weighted by molar-refractivity contribution is 0.218. The molecule has 1 heterocycles. The van der Waals surface area contributed by atoms with Crippen LogP contribution in [0.4, 0.5) is 0 Å². The summed E-state index contributed by atoms with van der Waals surface area (Å²) in [6.07, 6.45) is -0.0604. The third kappa shape index (κ3) is 4.04. The van der Waals surface area contributed by atoms with E-state index in [9.17, 15) is 0 Å². The molecule has 1 aromatic heterocycles. The van der Waals surface area contributed by atoms with Crippen molar-refractivity contribution in [3.8, 4) is 17.8 Å². The number of rotatable bonds is 4. The minimum atomic E-state index is -0.0604. The Bertz CT molecular complexity index is 581. The van der Waals surface area contributed by atoms with Gasteiger partial charge in [0.25, 0.3) is 0 Å². The van der Waals surface area contributed by atoms with Gasteiger partial charge in [-0.15, -0.1) is 4.98 Å². The predicted molar refractivity (Wildman–Crippen MR) is 74.8 cm³/mol. The number of ether oxygens (including phenoxy) is 2. The lowest BCUT2D eigenvalue weighted by Crippen LogP contribution is -2.09. The molecule has 19 heavy (non-hydrogen) atoms. The Hall–Kier alpha value is -1.40. The van der Waals surface area contributed by atoms with Crippen LogP contribution in [0, 0.1) is 0 Å². The molecule has 0 spiro atoms. The second-order valence-corrected chi connectivity index (χ2v) is 5.06. The topological polar surface area (TPSA) is 57.1 Å². The van der Waals surface area contributed by atoms with Crippen molar-refractivity contribution in [2.75, 3.05) is 0 Å². The Labute approximate surface area is 124 Å². The summed E-state index contributed by atoms with van der Waals surface area (Å²) in [7, 11) is 0. The van der Waals surface area contributed by atoms with Gasteiger partial charge in [-0.1, -0.05) is 12.1 Å². The molecule has 7 heteroatoms. The van der Waals surface area contributed by atoms with Gasteiger partial charge in [0.15, 0.2) is 0 Å². The molecule has 2 aromatic rings. The molecule has 0 N–H and O–H groups in total. The lowest BCUT2D eigenvalue weighted by Gasteiger charge is -2.09. The molecule has 0 aliphatic heterocycles. The zero-order valence-corrected chi connectivity index (χ0v) is 12.6. The van der Waals surface area contributed by atoms with Gasteiger partial charge >= 0.3 is 12.0 Å². The molecule has 0 aliphatic carbocycles. The highest BCUT2D eigenvalue weighted by Crippen LogP contribution is 2.28. The smallest absolute Gasteiger partial charge is 0.329 e. The van der Waals surface area contributed by atoms with Gasteiger partial charge in [0.2, 0.25) is 5.28 Å². The number of hydrogen-bond donors (Lipinski definition) is 0. The normalized spacial score (nSPS) is 10.6. The first-order valence-corrected chi connectivity index (χ1v) is 6.72. The Morgan fingerprint density at radius 1 is 1.11 bits per heavy atom. The van der Waals surface area contributed by atoms with Crippen molar-refractivity contribution < 1.29 is 9.47 Å². The molecule has 0 atom stereocenters. The molecule has 0 amide bonds. The fraction of sp³-hybridized carbons (Fsp3) is 0.250. The number of aromatic nitrogens is 3. The SMILES string of the molecule is CC(C)Oc1nc(Cl)nc(Oc2ccccc2Br)n1. The summed E-state index contributed by atoms with van der Waals surface area (Å²) >= 11 is 9.18. The van der Waals surface area contributed by atoms with Gasteiger partial charge in [-0.05, 0) is 53.5 Å². The Balaban J connectivity index is 2.25. The number of benzene rings is 1. The molecule has 0 fully saturated rings. The molecule has 0 bridgehead atoms. The number of halogens is 2. The van der Waals surface area contributed by atoms with E-state index in [-0.39, 0.29) is 23.4 Å². The van der Waals surface area contributed by atoms with Crippen LogP contribution in [-0.2, 0) is 0 Å². The monoisotopic (exact) mass is 343 g/mol. The molecular weight excluding hydrogens is 334 g/mol. The highest BCUT2D eigenvalue weighted by Gasteiger charge is 2.10. The molecule has 0 saturated carbocycles. The van der Waals surface area contributed by atoms with E-state index in [0.29, 0.717) is 5.75 Å². The predicted octanol–water partition coefficient (Wildman–Crippen LogP) is 3.87. The second kappa shape index (κ2) is 6.16. The highest BCUT2D eigenvalue weighted by atomic mass is 79.9. The van der Waals surface area contributed by atoms with Crippen LogP contribution in [0.15, 0.2) is 28.7 Å². The summed E-state index contributed by atoms with van der Waals surface area (Å²) in [6.45, 7) is 3.73. The first-order chi connectivity index (χ1) is 9.04. The van der Waals surface area contributed by atoms with Gasteiger partial charge in [0.05, 0.1) is 10.6 Å². The van der Waals surface area contributed by atoms with Gasteiger partial charge in [0.1, 0.15) is 5.75 Å². The number of hydrogen-bond acceptors (Lipinski definition) is 5. The fourth-order valence-electron chi connectivity index (χ4n) is 1.25. The van der Waals surface area contributed by atoms with Crippen LogP contribution in [0.5, 0.6) is 17.8 Å². The van der Waals surface area contributed by atoms with Gasteiger partial charge in [0, 0.05) is 0 Å². The molecule has 1 aromatic carbocycles. The van der Waals surface area contributed by atoms with Crippen LogP contribution in [0.1, 0.15) is 13.8 Å². The summed E-state index contributed by atoms with van der Waals surface area (Å²) in [5, 5.41) is 0.0210. The highest BCUT2D eigenvalue weighted by molar-refractivity contribution is 9.10. The molecule has 100 valence electrons. The van der Waals surface area contributed by atoms with Crippen molar-refractivity contribution in [3.63, 3.8) is 0 Å². The zero-order chi connectivity index (χ0) is 13.8. The van der Waals surface area contributed by atoms with Crippen molar-refractivity contribution in [1.82, 2.24) is 15.0 Å². The Kier molecular flexibility index (Phi) is 4.55. The second-order valence-electron chi connectivity index (χ2n) is 3.87. The third-order valence-corrected chi connectivity index (χ3v) is 2.77. The van der Waals surface area contributed by atoms with Crippen LogP contribution in [0.2, 0.25) is 5.28 Å². The van der Waals surface area contributed by atoms with Gasteiger partial charge in [-0.2, -0.15) is 9.97 Å². The summed E-state index contributed by atoms with van der Waals surface area (Å²) < 4.78 is 11.7. The Morgan fingerprint density at radius 2 is 1.79 bits per heavy atom. The standard InChI is InChI=1S/C12H11BrClN3O2/c1-7(2)18-11-15-10(14)16-12(17-11)19-9-6-4-3-5-8(9)13/h3-7H,1-2H3. The maximum atomic E-state index is 5.81. The van der Waals surface area contributed by atoms with Crippen molar-refractivity contribution in [2.45, 2.75) is 20.0 Å². The molecule has 0 radical (unpaired) electrons. The largest absolute Gasteiger partial charge is 0.461 e. The van der Waals surface area contributed by atoms with E-state index < -0.39 is 0 Å². The Morgan fingerprint density at radius 3 is 2.47 bits per heavy atom. The molecular formula is C12H11BrClN3O2. The van der Waals surface area contributed by atoms with Crippen molar-refractivity contribution in [2.24, 2.45) is 0 Å². The van der Waals surface area contributed by atoms with Crippen LogP contribution in [0.25, 0.3) is 0 Å². The molecule has 5 nitrogen and oxygen atoms in total. The minimum Gasteiger partial charge on any atom is -0.461 e. The minimum absolute atomic E-state index is 0.0210. The lowest BCUT2D eigenvalue weighted by atomic mass is 10.3. The van der Waals surface area contributed by atoms with E-state index in [4.69, 9.17) is 21.1 Å². The average molecular weight is 345 g/mol. The van der Waals surface area contributed by atoms with E-state index in [1.54, 1.807) is 6.07 Å². The zero-order valence-electron chi connectivity index (χ0n) is 10.3. The van der Waals surface area contributed by atoms with Gasteiger partial charge in [-0.3, -0.25) is 0 Å². The molecule has 0 saturated heterocycles. The maximum Gasteiger partial charge on any atom is 0.329 e. The molecule has 0 unspecified atom stereocenters. The molecule has 2 rings (SSSR count). The summed E-state index contributed by atoms with van der Waals surface area (Å²) in [5.74, 6) is 0.584. The van der Waals surface area contributed by atoms with E-state index in [2.05, 4.69) is 30.9 Å². The van der Waals surface area contributed by atoms with Crippen molar-refractivity contribution in [1.29, 1.82) is 0 Å². The summed E-state index contributed by atoms with van der Waals surface area (Å²) in [4.78, 5) is 11.8. The van der Waals surface area contributed by atoms with Crippen molar-refractivity contribution >= 4 is 27.5 Å². The average Bonchev–Trinajstić information content (AvgIpc) is 2.30.